The predicted molar refractivity (Wildman–Crippen MR) is 106 cm³/mol. The van der Waals surface area contributed by atoms with Crippen molar-refractivity contribution in [2.24, 2.45) is 0 Å². The Bertz CT molecular complexity index is 875. The molecule has 5 nitrogen and oxygen atoms in total. The quantitative estimate of drug-likeness (QED) is 0.611. The Kier molecular flexibility index (Phi) is 6.00. The second-order valence-corrected chi connectivity index (χ2v) is 8.41. The first-order chi connectivity index (χ1) is 12.6. The van der Waals surface area contributed by atoms with Gasteiger partial charge in [-0.15, -0.1) is 11.3 Å². The molecule has 0 N–H and O–H groups in total. The van der Waals surface area contributed by atoms with Crippen molar-refractivity contribution >= 4 is 33.7 Å². The minimum Gasteiger partial charge on any atom is -0.444 e. The van der Waals surface area contributed by atoms with Gasteiger partial charge in [0, 0.05) is 23.0 Å². The summed E-state index contributed by atoms with van der Waals surface area (Å²) in [7, 11) is -1.39. The normalized spacial score (nSPS) is 13.3. The summed E-state index contributed by atoms with van der Waals surface area (Å²) in [5.74, 6) is 0.554. The van der Waals surface area contributed by atoms with Gasteiger partial charge < -0.3 is 9.32 Å². The number of thiophene rings is 1. The summed E-state index contributed by atoms with van der Waals surface area (Å²) in [6.07, 6.45) is 1.51. The molecule has 2 atom stereocenters. The lowest BCUT2D eigenvalue weighted by Crippen LogP contribution is -2.40. The first kappa shape index (κ1) is 18.5. The third kappa shape index (κ3) is 4.11. The molecule has 0 saturated heterocycles. The Morgan fingerprint density at radius 1 is 1.27 bits per heavy atom. The van der Waals surface area contributed by atoms with Crippen LogP contribution in [0.1, 0.15) is 19.5 Å². The van der Waals surface area contributed by atoms with Gasteiger partial charge in [0.15, 0.2) is 0 Å². The monoisotopic (exact) mass is 388 g/mol. The zero-order valence-electron chi connectivity index (χ0n) is 14.6. The number of nitrogens with zero attached hydrogens (tertiary/aromatic N) is 2. The number of rotatable bonds is 7. The maximum Gasteiger partial charge on any atom is 0.242 e. The number of carbonyl (C=O) groups is 1. The third-order valence-corrected chi connectivity index (χ3v) is 6.39. The molecule has 7 heteroatoms. The Labute approximate surface area is 159 Å². The van der Waals surface area contributed by atoms with Gasteiger partial charge in [-0.25, -0.2) is 4.98 Å². The summed E-state index contributed by atoms with van der Waals surface area (Å²) >= 11 is 1.53. The van der Waals surface area contributed by atoms with Crippen molar-refractivity contribution in [3.8, 4) is 10.8 Å². The number of benzene rings is 1. The summed E-state index contributed by atoms with van der Waals surface area (Å²) < 4.78 is 18.1. The van der Waals surface area contributed by atoms with Crippen molar-refractivity contribution in [1.29, 1.82) is 0 Å². The van der Waals surface area contributed by atoms with E-state index in [2.05, 4.69) is 4.98 Å². The van der Waals surface area contributed by atoms with Crippen LogP contribution in [0.2, 0.25) is 0 Å². The van der Waals surface area contributed by atoms with E-state index in [4.69, 9.17) is 4.42 Å². The summed E-state index contributed by atoms with van der Waals surface area (Å²) in [6, 6.07) is 13.3. The van der Waals surface area contributed by atoms with E-state index in [0.717, 1.165) is 10.6 Å². The zero-order valence-corrected chi connectivity index (χ0v) is 16.3. The second kappa shape index (κ2) is 8.42. The minimum atomic E-state index is -1.39. The molecule has 2 heterocycles. The molecule has 0 aliphatic carbocycles. The van der Waals surface area contributed by atoms with E-state index in [9.17, 15) is 9.00 Å². The fraction of sp³-hybridized carbons (Fsp3) is 0.263. The number of aromatic nitrogens is 1. The number of amides is 1. The van der Waals surface area contributed by atoms with Gasteiger partial charge in [0.2, 0.25) is 11.8 Å². The van der Waals surface area contributed by atoms with Gasteiger partial charge in [-0.1, -0.05) is 24.3 Å². The Morgan fingerprint density at radius 3 is 2.69 bits per heavy atom. The molecule has 2 unspecified atom stereocenters. The van der Waals surface area contributed by atoms with Gasteiger partial charge in [-0.3, -0.25) is 9.00 Å². The fourth-order valence-corrected chi connectivity index (χ4v) is 4.24. The topological polar surface area (TPSA) is 63.4 Å². The maximum absolute atomic E-state index is 12.8. The van der Waals surface area contributed by atoms with E-state index >= 15 is 0 Å². The van der Waals surface area contributed by atoms with Crippen molar-refractivity contribution in [3.63, 3.8) is 0 Å². The summed E-state index contributed by atoms with van der Waals surface area (Å²) in [4.78, 5) is 19.8. The lowest BCUT2D eigenvalue weighted by atomic mass is 10.2. The number of hydrogen-bond donors (Lipinski definition) is 0. The standard InChI is InChI=1S/C19H20N2O3S2/c1-3-21(16-8-5-4-6-9-16)19(22)14(2)26(23)13-15-12-24-18(20-15)17-10-7-11-25-17/h4-12,14H,3,13H2,1-2H3. The van der Waals surface area contributed by atoms with Crippen molar-refractivity contribution in [2.45, 2.75) is 24.9 Å². The molecule has 0 saturated carbocycles. The van der Waals surface area contributed by atoms with Crippen LogP contribution < -0.4 is 4.90 Å². The summed E-state index contributed by atoms with van der Waals surface area (Å²) in [6.45, 7) is 4.13. The van der Waals surface area contributed by atoms with Gasteiger partial charge in [-0.2, -0.15) is 0 Å². The fourth-order valence-electron chi connectivity index (χ4n) is 2.56. The van der Waals surface area contributed by atoms with E-state index in [1.54, 1.807) is 11.8 Å². The summed E-state index contributed by atoms with van der Waals surface area (Å²) in [5, 5.41) is 1.32. The molecule has 0 aliphatic rings. The lowest BCUT2D eigenvalue weighted by Gasteiger charge is -2.24. The number of hydrogen-bond acceptors (Lipinski definition) is 5. The highest BCUT2D eigenvalue weighted by Gasteiger charge is 2.26. The molecule has 0 radical (unpaired) electrons. The highest BCUT2D eigenvalue weighted by atomic mass is 32.2. The number of para-hydroxylation sites is 1. The molecule has 1 aromatic carbocycles. The molecule has 0 aliphatic heterocycles. The molecular formula is C19H20N2O3S2. The van der Waals surface area contributed by atoms with Crippen molar-refractivity contribution in [1.82, 2.24) is 4.98 Å². The van der Waals surface area contributed by atoms with Gasteiger partial charge in [-0.05, 0) is 37.4 Å². The van der Waals surface area contributed by atoms with E-state index in [-0.39, 0.29) is 11.7 Å². The third-order valence-electron chi connectivity index (χ3n) is 3.97. The zero-order chi connectivity index (χ0) is 18.5. The van der Waals surface area contributed by atoms with E-state index in [1.807, 2.05) is 54.8 Å². The molecule has 3 rings (SSSR count). The number of oxazole rings is 1. The van der Waals surface area contributed by atoms with E-state index in [1.165, 1.54) is 17.6 Å². The molecule has 136 valence electrons. The van der Waals surface area contributed by atoms with Crippen LogP contribution in [0.15, 0.2) is 58.5 Å². The van der Waals surface area contributed by atoms with Crippen LogP contribution in [0.4, 0.5) is 5.69 Å². The van der Waals surface area contributed by atoms with E-state index < -0.39 is 16.0 Å². The van der Waals surface area contributed by atoms with Crippen LogP contribution in [0.5, 0.6) is 0 Å². The molecule has 2 aromatic heterocycles. The smallest absolute Gasteiger partial charge is 0.242 e. The predicted octanol–water partition coefficient (Wildman–Crippen LogP) is 4.09. The largest absolute Gasteiger partial charge is 0.444 e. The first-order valence-electron chi connectivity index (χ1n) is 8.32. The molecule has 26 heavy (non-hydrogen) atoms. The van der Waals surface area contributed by atoms with Gasteiger partial charge >= 0.3 is 0 Å². The molecule has 1 amide bonds. The second-order valence-electron chi connectivity index (χ2n) is 5.71. The van der Waals surface area contributed by atoms with Gasteiger partial charge in [0.1, 0.15) is 11.5 Å². The molecule has 3 aromatic rings. The molecule has 0 spiro atoms. The summed E-state index contributed by atoms with van der Waals surface area (Å²) in [5.41, 5.74) is 1.40. The van der Waals surface area contributed by atoms with Crippen LogP contribution >= 0.6 is 11.3 Å². The van der Waals surface area contributed by atoms with Crippen molar-refractivity contribution in [3.05, 3.63) is 59.8 Å². The average molecular weight is 389 g/mol. The number of carbonyl (C=O) groups excluding carboxylic acids is 1. The molecule has 0 fully saturated rings. The Morgan fingerprint density at radius 2 is 2.04 bits per heavy atom. The minimum absolute atomic E-state index is 0.154. The van der Waals surface area contributed by atoms with Gasteiger partial charge in [0.25, 0.3) is 0 Å². The van der Waals surface area contributed by atoms with Crippen molar-refractivity contribution in [2.75, 3.05) is 11.4 Å². The van der Waals surface area contributed by atoms with E-state index in [0.29, 0.717) is 18.1 Å². The highest BCUT2D eigenvalue weighted by Crippen LogP contribution is 2.24. The SMILES string of the molecule is CCN(C(=O)C(C)S(=O)Cc1coc(-c2cccs2)n1)c1ccccc1. The maximum atomic E-state index is 12.8. The van der Waals surface area contributed by atoms with Crippen LogP contribution in [-0.4, -0.2) is 26.9 Å². The van der Waals surface area contributed by atoms with Crippen LogP contribution in [0.25, 0.3) is 10.8 Å². The Balaban J connectivity index is 1.68. The van der Waals surface area contributed by atoms with Gasteiger partial charge in [0.05, 0.1) is 16.3 Å². The first-order valence-corrected chi connectivity index (χ1v) is 10.6. The molecular weight excluding hydrogens is 368 g/mol. The van der Waals surface area contributed by atoms with Crippen LogP contribution in [0, 0.1) is 0 Å². The van der Waals surface area contributed by atoms with Crippen LogP contribution in [-0.2, 0) is 21.3 Å². The Hall–Kier alpha value is -2.25. The van der Waals surface area contributed by atoms with Crippen LogP contribution in [0.3, 0.4) is 0 Å². The lowest BCUT2D eigenvalue weighted by molar-refractivity contribution is -0.117. The number of anilines is 1. The average Bonchev–Trinajstić information content (AvgIpc) is 3.34. The van der Waals surface area contributed by atoms with Crippen molar-refractivity contribution < 1.29 is 13.4 Å². The molecule has 0 bridgehead atoms. The highest BCUT2D eigenvalue weighted by molar-refractivity contribution is 7.85.